The molecule has 152 valence electrons. The molecule has 3 aromatic rings. The maximum absolute atomic E-state index is 13.1. The van der Waals surface area contributed by atoms with E-state index in [2.05, 4.69) is 10.3 Å². The van der Waals surface area contributed by atoms with Gasteiger partial charge in [-0.15, -0.1) is 0 Å². The highest BCUT2D eigenvalue weighted by Gasteiger charge is 2.14. The lowest BCUT2D eigenvalue weighted by molar-refractivity contribution is -0.118. The Hall–Kier alpha value is -2.64. The molecule has 0 bridgehead atoms. The van der Waals surface area contributed by atoms with Crippen LogP contribution in [0.2, 0.25) is 0 Å². The number of rotatable bonds is 9. The minimum absolute atomic E-state index is 0.0958. The Morgan fingerprint density at radius 1 is 1.14 bits per heavy atom. The Bertz CT molecular complexity index is 1020. The van der Waals surface area contributed by atoms with Gasteiger partial charge in [-0.1, -0.05) is 42.1 Å². The first kappa shape index (κ1) is 21.1. The van der Waals surface area contributed by atoms with E-state index in [1.165, 1.54) is 11.8 Å². The van der Waals surface area contributed by atoms with Gasteiger partial charge in [-0.25, -0.2) is 4.98 Å². The Balaban J connectivity index is 1.75. The number of aromatic nitrogens is 2. The lowest BCUT2D eigenvalue weighted by atomic mass is 10.2. The Labute approximate surface area is 174 Å². The SMILES string of the molecule is CC(C)OCCCNC(=O)CSc1nc2ccccc2c(=O)n1-c1ccccc1. The summed E-state index contributed by atoms with van der Waals surface area (Å²) in [5.41, 5.74) is 1.21. The van der Waals surface area contributed by atoms with Crippen molar-refractivity contribution in [3.63, 3.8) is 0 Å². The van der Waals surface area contributed by atoms with E-state index >= 15 is 0 Å². The van der Waals surface area contributed by atoms with Crippen LogP contribution in [0.3, 0.4) is 0 Å². The normalized spacial score (nSPS) is 11.1. The molecule has 1 aromatic heterocycles. The maximum Gasteiger partial charge on any atom is 0.266 e. The third-order valence-electron chi connectivity index (χ3n) is 4.19. The zero-order valence-corrected chi connectivity index (χ0v) is 17.4. The third-order valence-corrected chi connectivity index (χ3v) is 5.12. The summed E-state index contributed by atoms with van der Waals surface area (Å²) in [6.45, 7) is 5.14. The molecule has 0 aliphatic carbocycles. The van der Waals surface area contributed by atoms with E-state index in [1.54, 1.807) is 10.6 Å². The van der Waals surface area contributed by atoms with E-state index in [-0.39, 0.29) is 23.3 Å². The van der Waals surface area contributed by atoms with Crippen LogP contribution in [0.25, 0.3) is 16.6 Å². The van der Waals surface area contributed by atoms with E-state index in [0.717, 1.165) is 12.1 Å². The van der Waals surface area contributed by atoms with Crippen molar-refractivity contribution in [2.24, 2.45) is 0 Å². The smallest absolute Gasteiger partial charge is 0.266 e. The van der Waals surface area contributed by atoms with Crippen molar-refractivity contribution in [3.05, 3.63) is 65.0 Å². The molecule has 0 unspecified atom stereocenters. The van der Waals surface area contributed by atoms with Crippen molar-refractivity contribution in [1.29, 1.82) is 0 Å². The molecule has 1 N–H and O–H groups in total. The summed E-state index contributed by atoms with van der Waals surface area (Å²) in [7, 11) is 0. The van der Waals surface area contributed by atoms with Gasteiger partial charge in [0.15, 0.2) is 5.16 Å². The molecule has 0 aliphatic heterocycles. The van der Waals surface area contributed by atoms with Gasteiger partial charge in [0.1, 0.15) is 0 Å². The number of carbonyl (C=O) groups is 1. The molecule has 0 aliphatic rings. The molecule has 6 nitrogen and oxygen atoms in total. The van der Waals surface area contributed by atoms with Crippen LogP contribution in [0, 0.1) is 0 Å². The van der Waals surface area contributed by atoms with Gasteiger partial charge >= 0.3 is 0 Å². The topological polar surface area (TPSA) is 73.2 Å². The van der Waals surface area contributed by atoms with Crippen molar-refractivity contribution in [2.45, 2.75) is 31.5 Å². The summed E-state index contributed by atoms with van der Waals surface area (Å²) in [5, 5.41) is 3.93. The standard InChI is InChI=1S/C22H25N3O3S/c1-16(2)28-14-8-13-23-20(26)15-29-22-24-19-12-7-6-11-18(19)21(27)25(22)17-9-4-3-5-10-17/h3-7,9-12,16H,8,13-15H2,1-2H3,(H,23,26). The quantitative estimate of drug-likeness (QED) is 0.332. The summed E-state index contributed by atoms with van der Waals surface area (Å²) >= 11 is 1.26. The average molecular weight is 412 g/mol. The number of ether oxygens (including phenoxy) is 1. The van der Waals surface area contributed by atoms with Crippen LogP contribution in [-0.2, 0) is 9.53 Å². The molecule has 0 spiro atoms. The van der Waals surface area contributed by atoms with Crippen LogP contribution in [0.4, 0.5) is 0 Å². The highest BCUT2D eigenvalue weighted by atomic mass is 32.2. The van der Waals surface area contributed by atoms with E-state index in [9.17, 15) is 9.59 Å². The van der Waals surface area contributed by atoms with E-state index in [1.807, 2.05) is 62.4 Å². The van der Waals surface area contributed by atoms with Crippen LogP contribution >= 0.6 is 11.8 Å². The van der Waals surface area contributed by atoms with Crippen LogP contribution in [0.1, 0.15) is 20.3 Å². The summed E-state index contributed by atoms with van der Waals surface area (Å²) < 4.78 is 7.03. The number of hydrogen-bond acceptors (Lipinski definition) is 5. The second kappa shape index (κ2) is 10.2. The minimum Gasteiger partial charge on any atom is -0.379 e. The number of carbonyl (C=O) groups excluding carboxylic acids is 1. The van der Waals surface area contributed by atoms with Crippen LogP contribution < -0.4 is 10.9 Å². The third kappa shape index (κ3) is 5.68. The summed E-state index contributed by atoms with van der Waals surface area (Å²) in [5.74, 6) is 0.0874. The van der Waals surface area contributed by atoms with Gasteiger partial charge in [-0.3, -0.25) is 14.2 Å². The fourth-order valence-electron chi connectivity index (χ4n) is 2.81. The van der Waals surface area contributed by atoms with Gasteiger partial charge in [0.25, 0.3) is 5.56 Å². The van der Waals surface area contributed by atoms with E-state index in [4.69, 9.17) is 4.74 Å². The number of para-hydroxylation sites is 2. The number of thioether (sulfide) groups is 1. The van der Waals surface area contributed by atoms with Crippen molar-refractivity contribution in [2.75, 3.05) is 18.9 Å². The number of nitrogens with one attached hydrogen (secondary N) is 1. The number of amides is 1. The van der Waals surface area contributed by atoms with Crippen LogP contribution in [-0.4, -0.2) is 40.5 Å². The van der Waals surface area contributed by atoms with Crippen molar-refractivity contribution < 1.29 is 9.53 Å². The summed E-state index contributed by atoms with van der Waals surface area (Å²) in [6.07, 6.45) is 0.951. The number of fused-ring (bicyclic) bond motifs is 1. The molecule has 0 atom stereocenters. The maximum atomic E-state index is 13.1. The minimum atomic E-state index is -0.143. The lowest BCUT2D eigenvalue weighted by Crippen LogP contribution is -2.28. The first-order chi connectivity index (χ1) is 14.1. The van der Waals surface area contributed by atoms with Crippen molar-refractivity contribution in [1.82, 2.24) is 14.9 Å². The fourth-order valence-corrected chi connectivity index (χ4v) is 3.66. The molecule has 3 rings (SSSR count). The summed E-state index contributed by atoms with van der Waals surface area (Å²) in [6, 6.07) is 16.6. The number of benzene rings is 2. The van der Waals surface area contributed by atoms with Gasteiger partial charge in [-0.05, 0) is 44.5 Å². The molecule has 2 aromatic carbocycles. The zero-order chi connectivity index (χ0) is 20.6. The molecule has 0 radical (unpaired) electrons. The second-order valence-electron chi connectivity index (χ2n) is 6.80. The summed E-state index contributed by atoms with van der Waals surface area (Å²) in [4.78, 5) is 29.9. The molecule has 29 heavy (non-hydrogen) atoms. The molecule has 0 fully saturated rings. The van der Waals surface area contributed by atoms with Crippen molar-refractivity contribution >= 4 is 28.6 Å². The highest BCUT2D eigenvalue weighted by molar-refractivity contribution is 7.99. The van der Waals surface area contributed by atoms with Gasteiger partial charge in [0, 0.05) is 13.2 Å². The highest BCUT2D eigenvalue weighted by Crippen LogP contribution is 2.21. The average Bonchev–Trinajstić information content (AvgIpc) is 2.72. The molecular formula is C22H25N3O3S. The molecule has 7 heteroatoms. The fraction of sp³-hybridized carbons (Fsp3) is 0.318. The van der Waals surface area contributed by atoms with E-state index < -0.39 is 0 Å². The molecule has 0 saturated heterocycles. The monoisotopic (exact) mass is 411 g/mol. The van der Waals surface area contributed by atoms with E-state index in [0.29, 0.717) is 29.2 Å². The second-order valence-corrected chi connectivity index (χ2v) is 7.74. The molecular weight excluding hydrogens is 386 g/mol. The van der Waals surface area contributed by atoms with Gasteiger partial charge in [-0.2, -0.15) is 0 Å². The Morgan fingerprint density at radius 3 is 2.62 bits per heavy atom. The predicted molar refractivity (Wildman–Crippen MR) is 117 cm³/mol. The Morgan fingerprint density at radius 2 is 1.86 bits per heavy atom. The molecule has 0 saturated carbocycles. The zero-order valence-electron chi connectivity index (χ0n) is 16.6. The van der Waals surface area contributed by atoms with Crippen LogP contribution in [0.15, 0.2) is 64.5 Å². The Kier molecular flexibility index (Phi) is 7.43. The van der Waals surface area contributed by atoms with Gasteiger partial charge in [0.05, 0.1) is 28.4 Å². The van der Waals surface area contributed by atoms with Gasteiger partial charge in [0.2, 0.25) is 5.91 Å². The molecule has 1 heterocycles. The predicted octanol–water partition coefficient (Wildman–Crippen LogP) is 3.41. The largest absolute Gasteiger partial charge is 0.379 e. The van der Waals surface area contributed by atoms with Crippen molar-refractivity contribution in [3.8, 4) is 5.69 Å². The van der Waals surface area contributed by atoms with Crippen LogP contribution in [0.5, 0.6) is 0 Å². The first-order valence-electron chi connectivity index (χ1n) is 9.64. The number of nitrogens with zero attached hydrogens (tertiary/aromatic N) is 2. The van der Waals surface area contributed by atoms with Gasteiger partial charge < -0.3 is 10.1 Å². The molecule has 1 amide bonds. The first-order valence-corrected chi connectivity index (χ1v) is 10.6. The number of hydrogen-bond donors (Lipinski definition) is 1. The lowest BCUT2D eigenvalue weighted by Gasteiger charge is -2.13.